The maximum atomic E-state index is 10.9. The molecule has 0 fully saturated rings. The highest BCUT2D eigenvalue weighted by atomic mass is 16.6. The van der Waals surface area contributed by atoms with E-state index >= 15 is 0 Å². The first-order chi connectivity index (χ1) is 8.82. The lowest BCUT2D eigenvalue weighted by Gasteiger charge is -2.15. The van der Waals surface area contributed by atoms with Crippen LogP contribution in [0.1, 0.15) is 25.8 Å². The lowest BCUT2D eigenvalue weighted by Crippen LogP contribution is -2.26. The van der Waals surface area contributed by atoms with Crippen LogP contribution in [0.3, 0.4) is 0 Å². The summed E-state index contributed by atoms with van der Waals surface area (Å²) >= 11 is 0. The van der Waals surface area contributed by atoms with E-state index in [1.54, 1.807) is 0 Å². The number of nitrogens with zero attached hydrogens (tertiary/aromatic N) is 2. The lowest BCUT2D eigenvalue weighted by atomic mass is 9.97. The molecule has 7 heteroatoms. The molecule has 0 aliphatic carbocycles. The molecule has 1 aromatic rings. The molecule has 7 nitrogen and oxygen atoms in total. The molecule has 0 aromatic heterocycles. The van der Waals surface area contributed by atoms with Crippen molar-refractivity contribution in [2.75, 3.05) is 0 Å². The Hall–Kier alpha value is -2.02. The monoisotopic (exact) mass is 267 g/mol. The van der Waals surface area contributed by atoms with Crippen LogP contribution >= 0.6 is 0 Å². The maximum absolute atomic E-state index is 10.9. The number of nitro groups is 2. The van der Waals surface area contributed by atoms with Crippen LogP contribution in [0, 0.1) is 26.1 Å². The van der Waals surface area contributed by atoms with Gasteiger partial charge in [0.1, 0.15) is 0 Å². The highest BCUT2D eigenvalue weighted by Crippen LogP contribution is 2.26. The minimum atomic E-state index is -0.642. The zero-order valence-electron chi connectivity index (χ0n) is 10.9. The van der Waals surface area contributed by atoms with Gasteiger partial charge < -0.3 is 5.73 Å². The minimum Gasteiger partial charge on any atom is -0.327 e. The summed E-state index contributed by atoms with van der Waals surface area (Å²) in [5.74, 6) is 0.289. The molecule has 0 saturated heterocycles. The van der Waals surface area contributed by atoms with E-state index in [9.17, 15) is 20.2 Å². The smallest absolute Gasteiger partial charge is 0.279 e. The average molecular weight is 267 g/mol. The number of non-ortho nitro benzene ring substituents is 1. The van der Waals surface area contributed by atoms with E-state index in [1.807, 2.05) is 13.8 Å². The van der Waals surface area contributed by atoms with Crippen LogP contribution < -0.4 is 5.73 Å². The average Bonchev–Trinajstić information content (AvgIpc) is 2.35. The molecule has 1 aromatic carbocycles. The Kier molecular flexibility index (Phi) is 4.94. The van der Waals surface area contributed by atoms with Crippen LogP contribution in [-0.4, -0.2) is 15.9 Å². The second-order valence-electron chi connectivity index (χ2n) is 4.77. The molecule has 104 valence electrons. The number of hydrogen-bond acceptors (Lipinski definition) is 5. The zero-order chi connectivity index (χ0) is 14.6. The Morgan fingerprint density at radius 3 is 2.32 bits per heavy atom. The fourth-order valence-corrected chi connectivity index (χ4v) is 1.70. The largest absolute Gasteiger partial charge is 0.327 e. The quantitative estimate of drug-likeness (QED) is 0.628. The summed E-state index contributed by atoms with van der Waals surface area (Å²) in [5, 5.41) is 21.5. The van der Waals surface area contributed by atoms with E-state index < -0.39 is 9.85 Å². The molecule has 1 rings (SSSR count). The number of nitrogens with two attached hydrogens (primary N) is 1. The molecule has 0 aliphatic heterocycles. The third-order valence-electron chi connectivity index (χ3n) is 3.08. The summed E-state index contributed by atoms with van der Waals surface area (Å²) in [6, 6.07) is 3.66. The number of benzene rings is 1. The summed E-state index contributed by atoms with van der Waals surface area (Å²) in [6.45, 7) is 3.96. The third kappa shape index (κ3) is 3.99. The topological polar surface area (TPSA) is 112 Å². The highest BCUT2D eigenvalue weighted by Gasteiger charge is 2.20. The summed E-state index contributed by atoms with van der Waals surface area (Å²) in [7, 11) is 0. The van der Waals surface area contributed by atoms with Crippen LogP contribution in [0.5, 0.6) is 0 Å². The van der Waals surface area contributed by atoms with Gasteiger partial charge in [-0.1, -0.05) is 13.8 Å². The second kappa shape index (κ2) is 6.24. The van der Waals surface area contributed by atoms with Crippen LogP contribution in [0.4, 0.5) is 11.4 Å². The van der Waals surface area contributed by atoms with Gasteiger partial charge in [0.15, 0.2) is 0 Å². The molecular weight excluding hydrogens is 250 g/mol. The normalized spacial score (nSPS) is 12.4. The van der Waals surface area contributed by atoms with Crippen molar-refractivity contribution in [1.29, 1.82) is 0 Å². The van der Waals surface area contributed by atoms with Gasteiger partial charge >= 0.3 is 0 Å². The first-order valence-electron chi connectivity index (χ1n) is 6.00. The van der Waals surface area contributed by atoms with Crippen molar-refractivity contribution in [1.82, 2.24) is 0 Å². The zero-order valence-corrected chi connectivity index (χ0v) is 10.9. The first-order valence-corrected chi connectivity index (χ1v) is 6.00. The van der Waals surface area contributed by atoms with Gasteiger partial charge in [0.2, 0.25) is 0 Å². The molecule has 1 unspecified atom stereocenters. The molecule has 19 heavy (non-hydrogen) atoms. The van der Waals surface area contributed by atoms with Crippen molar-refractivity contribution >= 4 is 11.4 Å². The van der Waals surface area contributed by atoms with E-state index in [4.69, 9.17) is 5.73 Å². The Bertz CT molecular complexity index is 488. The van der Waals surface area contributed by atoms with E-state index in [2.05, 4.69) is 0 Å². The number of aryl methyl sites for hydroxylation is 1. The van der Waals surface area contributed by atoms with Crippen LogP contribution in [0.25, 0.3) is 0 Å². The SMILES string of the molecule is CC(C)C(N)CCc1ccc([N+](=O)[O-])cc1[N+](=O)[O-]. The van der Waals surface area contributed by atoms with Gasteiger partial charge in [0.05, 0.1) is 15.9 Å². The van der Waals surface area contributed by atoms with Crippen LogP contribution in [0.2, 0.25) is 0 Å². The first kappa shape index (κ1) is 15.0. The van der Waals surface area contributed by atoms with Gasteiger partial charge in [-0.25, -0.2) is 0 Å². The van der Waals surface area contributed by atoms with Gasteiger partial charge in [-0.15, -0.1) is 0 Å². The number of hydrogen-bond donors (Lipinski definition) is 1. The van der Waals surface area contributed by atoms with E-state index in [0.717, 1.165) is 6.07 Å². The Morgan fingerprint density at radius 1 is 1.21 bits per heavy atom. The molecule has 0 bridgehead atoms. The van der Waals surface area contributed by atoms with Crippen LogP contribution in [-0.2, 0) is 6.42 Å². The van der Waals surface area contributed by atoms with Crippen LogP contribution in [0.15, 0.2) is 18.2 Å². The van der Waals surface area contributed by atoms with E-state index in [-0.39, 0.29) is 23.3 Å². The van der Waals surface area contributed by atoms with Gasteiger partial charge in [-0.3, -0.25) is 20.2 Å². The summed E-state index contributed by atoms with van der Waals surface area (Å²) in [6.07, 6.45) is 1.05. The molecule has 0 saturated carbocycles. The van der Waals surface area contributed by atoms with Gasteiger partial charge in [0.25, 0.3) is 11.4 Å². The second-order valence-corrected chi connectivity index (χ2v) is 4.77. The van der Waals surface area contributed by atoms with Crippen molar-refractivity contribution in [3.05, 3.63) is 44.0 Å². The molecule has 2 N–H and O–H groups in total. The van der Waals surface area contributed by atoms with E-state index in [0.29, 0.717) is 18.4 Å². The highest BCUT2D eigenvalue weighted by molar-refractivity contribution is 5.49. The number of rotatable bonds is 6. The maximum Gasteiger partial charge on any atom is 0.279 e. The third-order valence-corrected chi connectivity index (χ3v) is 3.08. The predicted octanol–water partition coefficient (Wildman–Crippen LogP) is 2.42. The Morgan fingerprint density at radius 2 is 1.84 bits per heavy atom. The summed E-state index contributed by atoms with van der Waals surface area (Å²) in [5.41, 5.74) is 5.88. The summed E-state index contributed by atoms with van der Waals surface area (Å²) < 4.78 is 0. The number of nitro benzene ring substituents is 2. The van der Waals surface area contributed by atoms with Crippen molar-refractivity contribution in [2.45, 2.75) is 32.7 Å². The molecule has 0 aliphatic rings. The van der Waals surface area contributed by atoms with Crippen molar-refractivity contribution < 1.29 is 9.85 Å². The summed E-state index contributed by atoms with van der Waals surface area (Å²) in [4.78, 5) is 20.3. The fourth-order valence-electron chi connectivity index (χ4n) is 1.70. The van der Waals surface area contributed by atoms with Crippen molar-refractivity contribution in [2.24, 2.45) is 11.7 Å². The molecule has 0 radical (unpaired) electrons. The van der Waals surface area contributed by atoms with Gasteiger partial charge in [-0.05, 0) is 24.8 Å². The van der Waals surface area contributed by atoms with E-state index in [1.165, 1.54) is 12.1 Å². The Balaban J connectivity index is 2.94. The minimum absolute atomic E-state index is 0.0465. The van der Waals surface area contributed by atoms with Crippen molar-refractivity contribution in [3.63, 3.8) is 0 Å². The molecule has 0 heterocycles. The van der Waals surface area contributed by atoms with Gasteiger partial charge in [0, 0.05) is 17.7 Å². The molecule has 0 spiro atoms. The molecular formula is C12H17N3O4. The molecule has 0 amide bonds. The standard InChI is InChI=1S/C12H17N3O4/c1-8(2)11(13)6-4-9-3-5-10(14(16)17)7-12(9)15(18)19/h3,5,7-8,11H,4,6,13H2,1-2H3. The lowest BCUT2D eigenvalue weighted by molar-refractivity contribution is -0.394. The van der Waals surface area contributed by atoms with Crippen molar-refractivity contribution in [3.8, 4) is 0 Å². The Labute approximate surface area is 110 Å². The molecule has 1 atom stereocenters. The fraction of sp³-hybridized carbons (Fsp3) is 0.500. The predicted molar refractivity (Wildman–Crippen MR) is 70.9 cm³/mol. The van der Waals surface area contributed by atoms with Gasteiger partial charge in [-0.2, -0.15) is 0 Å².